The van der Waals surface area contributed by atoms with E-state index in [0.29, 0.717) is 5.92 Å². The maximum atomic E-state index is 5.90. The normalized spacial score (nSPS) is 13.9. The molecule has 422 valence electrons. The first-order valence-corrected chi connectivity index (χ1v) is 42.6. The predicted molar refractivity (Wildman–Crippen MR) is 295 cm³/mol. The Labute approximate surface area is 436 Å². The van der Waals surface area contributed by atoms with Gasteiger partial charge in [0.25, 0.3) is 0 Å². The molecule has 0 N–H and O–H groups in total. The molecule has 0 rings (SSSR count). The Morgan fingerprint density at radius 3 is 0.457 bits per heavy atom. The molecule has 0 saturated heterocycles. The summed E-state index contributed by atoms with van der Waals surface area (Å²) in [4.78, 5) is 0. The van der Waals surface area contributed by atoms with Crippen molar-refractivity contribution in [3.63, 3.8) is 0 Å². The van der Waals surface area contributed by atoms with Gasteiger partial charge in [-0.2, -0.15) is 0 Å². The first-order chi connectivity index (χ1) is 33.4. The molecule has 0 aromatic heterocycles. The summed E-state index contributed by atoms with van der Waals surface area (Å²) in [5, 5.41) is 0. The molecule has 0 saturated carbocycles. The molecule has 0 aromatic carbocycles. The Morgan fingerprint density at radius 1 is 0.200 bits per heavy atom. The first-order valence-electron chi connectivity index (χ1n) is 25.4. The number of hydrogen-bond donors (Lipinski definition) is 0. The van der Waals surface area contributed by atoms with Crippen molar-refractivity contribution in [3.8, 4) is 0 Å². The summed E-state index contributed by atoms with van der Waals surface area (Å²) in [6.07, 6.45) is 10.6. The van der Waals surface area contributed by atoms with Crippen LogP contribution in [-0.4, -0.2) is 197 Å². The Balaban J connectivity index is 6.82. The Kier molecular flexibility index (Phi) is 38.3. The summed E-state index contributed by atoms with van der Waals surface area (Å²) in [7, 11) is 10.2. The zero-order valence-electron chi connectivity index (χ0n) is 47.9. The van der Waals surface area contributed by atoms with Crippen LogP contribution in [0.5, 0.6) is 0 Å². The third-order valence-electron chi connectivity index (χ3n) is 15.5. The van der Waals surface area contributed by atoms with E-state index >= 15 is 0 Å². The van der Waals surface area contributed by atoms with Crippen molar-refractivity contribution in [2.45, 2.75) is 156 Å². The molecule has 18 nitrogen and oxygen atoms in total. The van der Waals surface area contributed by atoms with Crippen molar-refractivity contribution in [2.75, 3.05) is 128 Å². The molecule has 0 radical (unpaired) electrons. The maximum Gasteiger partial charge on any atom is 0.500 e. The number of hydrogen-bond acceptors (Lipinski definition) is 18. The molecule has 0 aliphatic rings. The minimum Gasteiger partial charge on any atom is -0.377 e. The summed E-state index contributed by atoms with van der Waals surface area (Å²) in [6.45, 7) is 2.45. The van der Waals surface area contributed by atoms with Gasteiger partial charge in [0, 0.05) is 164 Å². The van der Waals surface area contributed by atoms with Crippen LogP contribution in [0.3, 0.4) is 0 Å². The van der Waals surface area contributed by atoms with Crippen molar-refractivity contribution in [1.29, 1.82) is 0 Å². The van der Waals surface area contributed by atoms with Crippen molar-refractivity contribution in [1.82, 2.24) is 0 Å². The van der Waals surface area contributed by atoms with Crippen LogP contribution in [0.2, 0.25) is 84.6 Å². The van der Waals surface area contributed by atoms with E-state index in [1.165, 1.54) is 37.8 Å². The second-order valence-electron chi connectivity index (χ2n) is 18.8. The third kappa shape index (κ3) is 23.3. The minimum atomic E-state index is -2.76. The predicted octanol–water partition coefficient (Wildman–Crippen LogP) is 9.69. The summed E-state index contributed by atoms with van der Waals surface area (Å²) in [6, 6.07) is 13.9. The highest BCUT2D eigenvalue weighted by molar-refractivity contribution is 6.81. The van der Waals surface area contributed by atoms with Crippen molar-refractivity contribution in [2.24, 2.45) is 5.92 Å². The van der Waals surface area contributed by atoms with E-state index in [9.17, 15) is 0 Å². The van der Waals surface area contributed by atoms with Gasteiger partial charge in [-0.25, -0.2) is 0 Å². The molecule has 0 atom stereocenters. The zero-order valence-corrected chi connectivity index (χ0v) is 55.9. The minimum absolute atomic E-state index is 0.571. The Morgan fingerprint density at radius 2 is 0.329 bits per heavy atom. The zero-order chi connectivity index (χ0) is 53.3. The second kappa shape index (κ2) is 37.7. The fraction of sp³-hybridized carbons (Fsp3) is 1.00. The van der Waals surface area contributed by atoms with Crippen LogP contribution in [0.4, 0.5) is 0 Å². The van der Waals surface area contributed by atoms with Crippen LogP contribution < -0.4 is 0 Å². The Hall–Kier alpha value is 1.02. The molecule has 0 spiro atoms. The van der Waals surface area contributed by atoms with E-state index in [-0.39, 0.29) is 0 Å². The highest BCUT2D eigenvalue weighted by Crippen LogP contribution is 2.40. The lowest BCUT2D eigenvalue weighted by atomic mass is 10.0. The van der Waals surface area contributed by atoms with Gasteiger partial charge in [0.05, 0.1) is 16.1 Å². The molecular weight excluding hydrogens is 1040 g/mol. The molecule has 0 bridgehead atoms. The van der Waals surface area contributed by atoms with Crippen LogP contribution in [0.15, 0.2) is 0 Å². The van der Waals surface area contributed by atoms with Gasteiger partial charge in [0.1, 0.15) is 0 Å². The molecule has 0 aliphatic carbocycles. The van der Waals surface area contributed by atoms with Crippen molar-refractivity contribution < 1.29 is 79.7 Å². The van der Waals surface area contributed by atoms with E-state index in [1.807, 2.05) is 0 Å². The molecule has 70 heavy (non-hydrogen) atoms. The van der Waals surface area contributed by atoms with Crippen molar-refractivity contribution in [3.05, 3.63) is 0 Å². The van der Waals surface area contributed by atoms with E-state index in [4.69, 9.17) is 79.7 Å². The summed E-state index contributed by atoms with van der Waals surface area (Å²) in [5.41, 5.74) is 0. The van der Waals surface area contributed by atoms with E-state index in [0.717, 1.165) is 111 Å². The van der Waals surface area contributed by atoms with Crippen molar-refractivity contribution >= 4 is 69.0 Å². The molecular formula is C44H106O18Si8. The fourth-order valence-electron chi connectivity index (χ4n) is 10.7. The van der Waals surface area contributed by atoms with Crippen LogP contribution >= 0.6 is 0 Å². The van der Waals surface area contributed by atoms with Gasteiger partial charge < -0.3 is 79.7 Å². The second-order valence-corrected chi connectivity index (χ2v) is 47.3. The SMILES string of the molecule is CO[Si](CCC[Si](CCCC(C)CCC[Si](CCC[Si](OC)(OC)OC)(CCC[Si](OC)(OC)OC)CCC[Si](OC)(OC)OC)(CCC[Si](OC)(OC)OC)CCC[Si](OC)(OC)OC)(OC)OC. The molecule has 0 heterocycles. The van der Waals surface area contributed by atoms with Crippen LogP contribution in [-0.2, 0) is 79.7 Å². The largest absolute Gasteiger partial charge is 0.500 e. The van der Waals surface area contributed by atoms with Gasteiger partial charge in [-0.1, -0.05) is 119 Å². The lowest BCUT2D eigenvalue weighted by Gasteiger charge is -2.36. The quantitative estimate of drug-likeness (QED) is 0.0528. The molecule has 26 heteroatoms. The van der Waals surface area contributed by atoms with Gasteiger partial charge in [-0.15, -0.1) is 0 Å². The Bertz CT molecular complexity index is 995. The summed E-state index contributed by atoms with van der Waals surface area (Å²) in [5.74, 6) is 0.571. The van der Waals surface area contributed by atoms with Crippen LogP contribution in [0.25, 0.3) is 0 Å². The van der Waals surface area contributed by atoms with E-state index in [2.05, 4.69) is 6.92 Å². The van der Waals surface area contributed by atoms with Crippen LogP contribution in [0, 0.1) is 5.92 Å². The van der Waals surface area contributed by atoms with E-state index in [1.54, 1.807) is 128 Å². The lowest BCUT2D eigenvalue weighted by molar-refractivity contribution is 0.122. The van der Waals surface area contributed by atoms with Crippen LogP contribution in [0.1, 0.15) is 71.1 Å². The highest BCUT2D eigenvalue weighted by atomic mass is 28.4. The third-order valence-corrected chi connectivity index (χ3v) is 43.9. The molecule has 0 aliphatic heterocycles. The smallest absolute Gasteiger partial charge is 0.377 e. The fourth-order valence-corrected chi connectivity index (χ4v) is 33.6. The highest BCUT2D eigenvalue weighted by Gasteiger charge is 2.46. The average Bonchev–Trinajstić information content (AvgIpc) is 3.40. The summed E-state index contributed by atoms with van der Waals surface area (Å²) >= 11 is 0. The van der Waals surface area contributed by atoms with Gasteiger partial charge in [0.2, 0.25) is 0 Å². The maximum absolute atomic E-state index is 5.90. The average molecular weight is 1150 g/mol. The van der Waals surface area contributed by atoms with Gasteiger partial charge in [-0.05, 0) is 5.92 Å². The molecule has 0 aromatic rings. The number of rotatable bonds is 50. The van der Waals surface area contributed by atoms with E-state index < -0.39 is 69.0 Å². The van der Waals surface area contributed by atoms with Gasteiger partial charge in [0.15, 0.2) is 0 Å². The monoisotopic (exact) mass is 1150 g/mol. The first kappa shape index (κ1) is 71.0. The lowest BCUT2D eigenvalue weighted by Crippen LogP contribution is -2.45. The topological polar surface area (TPSA) is 166 Å². The standard InChI is InChI=1S/C44H106O18Si8/c1-44(28-20-30-63(32-22-38-65(45-2,46-3)47-4,33-23-39-66(48-5,49-6)50-7)34-24-40-67(51-8,52-9)53-10)29-21-31-64(35-25-41-68(54-11,55-12)56-13,36-26-42-69(57-14,58-15)59-16)37-27-43-70(60-17,61-18)62-19/h44H,20-43H2,1-19H3. The molecule has 0 fully saturated rings. The van der Waals surface area contributed by atoms with Gasteiger partial charge >= 0.3 is 52.8 Å². The molecule has 0 unspecified atom stereocenters. The summed E-state index contributed by atoms with van der Waals surface area (Å²) < 4.78 is 106. The molecule has 0 amide bonds. The van der Waals surface area contributed by atoms with Gasteiger partial charge in [-0.3, -0.25) is 0 Å².